The van der Waals surface area contributed by atoms with Crippen LogP contribution in [0.3, 0.4) is 0 Å². The molecule has 0 radical (unpaired) electrons. The third-order valence-corrected chi connectivity index (χ3v) is 1.82. The van der Waals surface area contributed by atoms with E-state index in [0.29, 0.717) is 6.08 Å². The summed E-state index contributed by atoms with van der Waals surface area (Å²) >= 11 is 0. The number of alkyl halides is 2. The second-order valence-corrected chi connectivity index (χ2v) is 2.99. The number of carbonyl (C=O) groups is 1. The van der Waals surface area contributed by atoms with E-state index in [9.17, 15) is 18.0 Å². The van der Waals surface area contributed by atoms with Gasteiger partial charge in [-0.15, -0.1) is 0 Å². The third kappa shape index (κ3) is 3.58. The molecule has 17 heavy (non-hydrogen) atoms. The first-order chi connectivity index (χ1) is 8.06. The molecule has 1 aromatic rings. The molecule has 0 N–H and O–H groups in total. The predicted octanol–water partition coefficient (Wildman–Crippen LogP) is 2.83. The summed E-state index contributed by atoms with van der Waals surface area (Å²) in [6.45, 7) is 1.73. The zero-order valence-electron chi connectivity index (χ0n) is 8.99. The van der Waals surface area contributed by atoms with E-state index in [1.54, 1.807) is 6.92 Å². The van der Waals surface area contributed by atoms with Gasteiger partial charge in [0.05, 0.1) is 17.9 Å². The van der Waals surface area contributed by atoms with Crippen molar-refractivity contribution < 1.29 is 22.7 Å². The molecule has 0 aliphatic heterocycles. The second-order valence-electron chi connectivity index (χ2n) is 2.99. The van der Waals surface area contributed by atoms with Crippen molar-refractivity contribution in [2.45, 2.75) is 13.3 Å². The maximum absolute atomic E-state index is 12.8. The van der Waals surface area contributed by atoms with Crippen LogP contribution in [0.4, 0.5) is 13.2 Å². The summed E-state index contributed by atoms with van der Waals surface area (Å²) in [4.78, 5) is 15.1. The van der Waals surface area contributed by atoms with Gasteiger partial charge >= 0.3 is 5.97 Å². The van der Waals surface area contributed by atoms with Crippen LogP contribution in [-0.2, 0) is 4.74 Å². The normalized spacial score (nSPS) is 11.7. The standard InChI is InChI=1S/C11H10F3NO2/c1-2-17-11(16)7-4-3-5-15-9(7)6-8(12)10(13)14/h3-6,10H,2H2,1H3/b8-6+. The molecule has 0 fully saturated rings. The van der Waals surface area contributed by atoms with E-state index in [0.717, 1.165) is 0 Å². The lowest BCUT2D eigenvalue weighted by molar-refractivity contribution is 0.0525. The highest BCUT2D eigenvalue weighted by molar-refractivity contribution is 5.92. The molecule has 0 aliphatic rings. The van der Waals surface area contributed by atoms with Gasteiger partial charge in [-0.05, 0) is 19.1 Å². The number of nitrogens with zero attached hydrogens (tertiary/aromatic N) is 1. The van der Waals surface area contributed by atoms with Crippen molar-refractivity contribution >= 4 is 12.0 Å². The number of aromatic nitrogens is 1. The zero-order chi connectivity index (χ0) is 12.8. The summed E-state index contributed by atoms with van der Waals surface area (Å²) in [6.07, 6.45) is -1.43. The van der Waals surface area contributed by atoms with Crippen LogP contribution in [-0.4, -0.2) is 24.0 Å². The minimum atomic E-state index is -3.23. The van der Waals surface area contributed by atoms with Gasteiger partial charge in [0, 0.05) is 12.3 Å². The van der Waals surface area contributed by atoms with Crippen molar-refractivity contribution in [2.75, 3.05) is 6.61 Å². The van der Waals surface area contributed by atoms with Crippen molar-refractivity contribution in [2.24, 2.45) is 0 Å². The lowest BCUT2D eigenvalue weighted by Crippen LogP contribution is -2.08. The Morgan fingerprint density at radius 1 is 1.59 bits per heavy atom. The number of ether oxygens (including phenoxy) is 1. The summed E-state index contributed by atoms with van der Waals surface area (Å²) in [5.41, 5.74) is -0.228. The molecule has 0 spiro atoms. The van der Waals surface area contributed by atoms with Crippen LogP contribution in [0.25, 0.3) is 6.08 Å². The SMILES string of the molecule is CCOC(=O)c1cccnc1/C=C(/F)C(F)F. The molecule has 92 valence electrons. The molecule has 0 bridgehead atoms. The summed E-state index contributed by atoms with van der Waals surface area (Å²) < 4.78 is 41.5. The molecule has 0 saturated heterocycles. The first-order valence-corrected chi connectivity index (χ1v) is 4.83. The minimum Gasteiger partial charge on any atom is -0.462 e. The Hall–Kier alpha value is -1.85. The average Bonchev–Trinajstić information content (AvgIpc) is 2.29. The van der Waals surface area contributed by atoms with E-state index < -0.39 is 18.2 Å². The predicted molar refractivity (Wildman–Crippen MR) is 55.3 cm³/mol. The van der Waals surface area contributed by atoms with Gasteiger partial charge in [0.2, 0.25) is 0 Å². The van der Waals surface area contributed by atoms with Crippen LogP contribution >= 0.6 is 0 Å². The Kier molecular flexibility index (Phi) is 4.68. The first kappa shape index (κ1) is 13.2. The lowest BCUT2D eigenvalue weighted by atomic mass is 10.2. The number of allylic oxidation sites excluding steroid dienone is 1. The van der Waals surface area contributed by atoms with Gasteiger partial charge in [0.15, 0.2) is 5.83 Å². The smallest absolute Gasteiger partial charge is 0.340 e. The van der Waals surface area contributed by atoms with E-state index in [4.69, 9.17) is 4.74 Å². The summed E-state index contributed by atoms with van der Waals surface area (Å²) in [5.74, 6) is -2.37. The Bertz CT molecular complexity index is 432. The number of hydrogen-bond donors (Lipinski definition) is 0. The number of halogens is 3. The molecule has 0 unspecified atom stereocenters. The van der Waals surface area contributed by atoms with Gasteiger partial charge in [0.25, 0.3) is 6.43 Å². The van der Waals surface area contributed by atoms with E-state index in [-0.39, 0.29) is 17.9 Å². The molecule has 3 nitrogen and oxygen atoms in total. The first-order valence-electron chi connectivity index (χ1n) is 4.83. The minimum absolute atomic E-state index is 0.0508. The fourth-order valence-corrected chi connectivity index (χ4v) is 1.11. The Morgan fingerprint density at radius 3 is 2.88 bits per heavy atom. The van der Waals surface area contributed by atoms with Crippen molar-refractivity contribution in [1.82, 2.24) is 4.98 Å². The van der Waals surface area contributed by atoms with Crippen molar-refractivity contribution in [3.8, 4) is 0 Å². The van der Waals surface area contributed by atoms with E-state index in [2.05, 4.69) is 4.98 Å². The van der Waals surface area contributed by atoms with E-state index >= 15 is 0 Å². The van der Waals surface area contributed by atoms with Crippen LogP contribution in [0.5, 0.6) is 0 Å². The van der Waals surface area contributed by atoms with Gasteiger partial charge in [-0.25, -0.2) is 18.0 Å². The van der Waals surface area contributed by atoms with Crippen LogP contribution in [0.15, 0.2) is 24.2 Å². The topological polar surface area (TPSA) is 39.2 Å². The van der Waals surface area contributed by atoms with Crippen molar-refractivity contribution in [3.05, 3.63) is 35.4 Å². The van der Waals surface area contributed by atoms with Gasteiger partial charge in [-0.1, -0.05) is 0 Å². The van der Waals surface area contributed by atoms with Gasteiger partial charge < -0.3 is 4.74 Å². The zero-order valence-corrected chi connectivity index (χ0v) is 8.99. The lowest BCUT2D eigenvalue weighted by Gasteiger charge is -2.04. The number of carbonyl (C=O) groups excluding carboxylic acids is 1. The Balaban J connectivity index is 3.08. The molecule has 0 aromatic carbocycles. The van der Waals surface area contributed by atoms with Crippen LogP contribution in [0, 0.1) is 0 Å². The monoisotopic (exact) mass is 245 g/mol. The van der Waals surface area contributed by atoms with E-state index in [1.807, 2.05) is 0 Å². The van der Waals surface area contributed by atoms with Crippen LogP contribution in [0.2, 0.25) is 0 Å². The highest BCUT2D eigenvalue weighted by Gasteiger charge is 2.15. The fraction of sp³-hybridized carbons (Fsp3) is 0.273. The molecular formula is C11H10F3NO2. The molecule has 1 aromatic heterocycles. The Labute approximate surface area is 95.9 Å². The highest BCUT2D eigenvalue weighted by atomic mass is 19.3. The number of rotatable bonds is 4. The van der Waals surface area contributed by atoms with Crippen molar-refractivity contribution in [1.29, 1.82) is 0 Å². The average molecular weight is 245 g/mol. The summed E-state index contributed by atoms with van der Waals surface area (Å²) in [6, 6.07) is 2.76. The second kappa shape index (κ2) is 6.03. The quantitative estimate of drug-likeness (QED) is 0.765. The molecule has 0 aliphatic carbocycles. The molecule has 6 heteroatoms. The number of pyridine rings is 1. The molecule has 0 saturated carbocycles. The van der Waals surface area contributed by atoms with E-state index in [1.165, 1.54) is 18.3 Å². The van der Waals surface area contributed by atoms with Crippen molar-refractivity contribution in [3.63, 3.8) is 0 Å². The highest BCUT2D eigenvalue weighted by Crippen LogP contribution is 2.16. The molecule has 0 atom stereocenters. The fourth-order valence-electron chi connectivity index (χ4n) is 1.11. The number of hydrogen-bond acceptors (Lipinski definition) is 3. The molecule has 1 heterocycles. The Morgan fingerprint density at radius 2 is 2.29 bits per heavy atom. The van der Waals surface area contributed by atoms with Gasteiger partial charge in [0.1, 0.15) is 0 Å². The third-order valence-electron chi connectivity index (χ3n) is 1.82. The van der Waals surface area contributed by atoms with Crippen LogP contribution in [0.1, 0.15) is 23.0 Å². The summed E-state index contributed by atoms with van der Waals surface area (Å²) in [7, 11) is 0. The molecule has 1 rings (SSSR count). The molecule has 0 amide bonds. The maximum Gasteiger partial charge on any atom is 0.340 e. The van der Waals surface area contributed by atoms with Crippen LogP contribution < -0.4 is 0 Å². The largest absolute Gasteiger partial charge is 0.462 e. The molecular weight excluding hydrogens is 235 g/mol. The number of esters is 1. The maximum atomic E-state index is 12.8. The van der Waals surface area contributed by atoms with Gasteiger partial charge in [-0.2, -0.15) is 0 Å². The summed E-state index contributed by atoms with van der Waals surface area (Å²) in [5, 5.41) is 0. The van der Waals surface area contributed by atoms with Gasteiger partial charge in [-0.3, -0.25) is 4.98 Å².